The van der Waals surface area contributed by atoms with Gasteiger partial charge in [0.05, 0.1) is 5.60 Å². The van der Waals surface area contributed by atoms with E-state index in [0.717, 1.165) is 32.1 Å². The van der Waals surface area contributed by atoms with Crippen LogP contribution in [-0.4, -0.2) is 10.7 Å². The minimum absolute atomic E-state index is 0.104. The summed E-state index contributed by atoms with van der Waals surface area (Å²) in [5, 5.41) is 9.93. The van der Waals surface area contributed by atoms with Crippen LogP contribution in [0.15, 0.2) is 24.3 Å². The smallest absolute Gasteiger partial charge is 0.0690 e. The first kappa shape index (κ1) is 12.2. The lowest BCUT2D eigenvalue weighted by Crippen LogP contribution is -2.38. The third-order valence-electron chi connectivity index (χ3n) is 4.63. The van der Waals surface area contributed by atoms with Crippen LogP contribution in [0.1, 0.15) is 56.1 Å². The number of hydrogen-bond donors (Lipinski definition) is 2. The summed E-state index contributed by atoms with van der Waals surface area (Å²) in [7, 11) is 0. The molecule has 1 aromatic carbocycles. The zero-order valence-corrected chi connectivity index (χ0v) is 11.0. The summed E-state index contributed by atoms with van der Waals surface area (Å²) in [6.45, 7) is 0. The van der Waals surface area contributed by atoms with E-state index in [-0.39, 0.29) is 5.54 Å². The molecule has 0 saturated heterocycles. The van der Waals surface area contributed by atoms with Crippen LogP contribution in [0, 0.1) is 0 Å². The first-order chi connectivity index (χ1) is 8.60. The van der Waals surface area contributed by atoms with Crippen molar-refractivity contribution in [3.05, 3.63) is 35.4 Å². The lowest BCUT2D eigenvalue weighted by atomic mass is 9.77. The minimum Gasteiger partial charge on any atom is -0.390 e. The van der Waals surface area contributed by atoms with E-state index in [2.05, 4.69) is 24.3 Å². The van der Waals surface area contributed by atoms with E-state index in [1.807, 2.05) is 0 Å². The molecule has 3 rings (SSSR count). The van der Waals surface area contributed by atoms with Crippen molar-refractivity contribution in [1.29, 1.82) is 0 Å². The van der Waals surface area contributed by atoms with Gasteiger partial charge in [0.1, 0.15) is 0 Å². The fourth-order valence-electron chi connectivity index (χ4n) is 3.13. The Morgan fingerprint density at radius 3 is 2.11 bits per heavy atom. The molecule has 2 nitrogen and oxygen atoms in total. The van der Waals surface area contributed by atoms with Gasteiger partial charge in [0.2, 0.25) is 0 Å². The van der Waals surface area contributed by atoms with Gasteiger partial charge in [-0.05, 0) is 36.8 Å². The van der Waals surface area contributed by atoms with E-state index < -0.39 is 5.60 Å². The fraction of sp³-hybridized carbons (Fsp3) is 0.625. The Morgan fingerprint density at radius 2 is 1.56 bits per heavy atom. The SMILES string of the molecule is NC1(c2ccc(CC3(O)CC3)cc2)CCCCC1. The summed E-state index contributed by atoms with van der Waals surface area (Å²) in [6, 6.07) is 8.64. The minimum atomic E-state index is -0.396. The average molecular weight is 245 g/mol. The van der Waals surface area contributed by atoms with E-state index in [0.29, 0.717) is 0 Å². The topological polar surface area (TPSA) is 46.2 Å². The van der Waals surface area contributed by atoms with Crippen molar-refractivity contribution in [2.24, 2.45) is 5.73 Å². The fourth-order valence-corrected chi connectivity index (χ4v) is 3.13. The molecule has 0 unspecified atom stereocenters. The van der Waals surface area contributed by atoms with Crippen LogP contribution in [0.5, 0.6) is 0 Å². The first-order valence-corrected chi connectivity index (χ1v) is 7.20. The van der Waals surface area contributed by atoms with Crippen molar-refractivity contribution < 1.29 is 5.11 Å². The summed E-state index contributed by atoms with van der Waals surface area (Å²) in [5.74, 6) is 0. The normalized spacial score (nSPS) is 24.8. The number of aliphatic hydroxyl groups is 1. The Labute approximate surface area is 109 Å². The highest BCUT2D eigenvalue weighted by atomic mass is 16.3. The highest BCUT2D eigenvalue weighted by Crippen LogP contribution is 2.39. The molecule has 2 fully saturated rings. The lowest BCUT2D eigenvalue weighted by Gasteiger charge is -2.34. The van der Waals surface area contributed by atoms with Gasteiger partial charge in [0.25, 0.3) is 0 Å². The summed E-state index contributed by atoms with van der Waals surface area (Å²) >= 11 is 0. The third-order valence-corrected chi connectivity index (χ3v) is 4.63. The van der Waals surface area contributed by atoms with E-state index >= 15 is 0 Å². The molecular weight excluding hydrogens is 222 g/mol. The highest BCUT2D eigenvalue weighted by molar-refractivity contribution is 5.30. The third kappa shape index (κ3) is 2.45. The molecule has 0 heterocycles. The molecule has 1 aromatic rings. The maximum Gasteiger partial charge on any atom is 0.0690 e. The summed E-state index contributed by atoms with van der Waals surface area (Å²) in [4.78, 5) is 0. The van der Waals surface area contributed by atoms with Gasteiger partial charge < -0.3 is 10.8 Å². The average Bonchev–Trinajstić information content (AvgIpc) is 3.08. The molecule has 0 atom stereocenters. The number of rotatable bonds is 3. The maximum absolute atomic E-state index is 9.93. The molecule has 98 valence electrons. The largest absolute Gasteiger partial charge is 0.390 e. The van der Waals surface area contributed by atoms with Crippen LogP contribution in [0.2, 0.25) is 0 Å². The second-order valence-electron chi connectivity index (χ2n) is 6.31. The van der Waals surface area contributed by atoms with Crippen molar-refractivity contribution in [1.82, 2.24) is 0 Å². The first-order valence-electron chi connectivity index (χ1n) is 7.20. The lowest BCUT2D eigenvalue weighted by molar-refractivity contribution is 0.151. The highest BCUT2D eigenvalue weighted by Gasteiger charge is 2.40. The van der Waals surface area contributed by atoms with Gasteiger partial charge in [-0.3, -0.25) is 0 Å². The van der Waals surface area contributed by atoms with Gasteiger partial charge in [-0.1, -0.05) is 43.5 Å². The number of hydrogen-bond acceptors (Lipinski definition) is 2. The molecule has 18 heavy (non-hydrogen) atoms. The molecule has 0 aliphatic heterocycles. The van der Waals surface area contributed by atoms with E-state index in [4.69, 9.17) is 5.73 Å². The zero-order valence-electron chi connectivity index (χ0n) is 11.0. The predicted octanol–water partition coefficient (Wildman–Crippen LogP) is 2.87. The summed E-state index contributed by atoms with van der Waals surface area (Å²) in [5.41, 5.74) is 8.53. The number of benzene rings is 1. The summed E-state index contributed by atoms with van der Waals surface area (Å²) < 4.78 is 0. The van der Waals surface area contributed by atoms with Gasteiger partial charge >= 0.3 is 0 Å². The van der Waals surface area contributed by atoms with Gasteiger partial charge in [-0.15, -0.1) is 0 Å². The summed E-state index contributed by atoms with van der Waals surface area (Å²) in [6.07, 6.45) is 8.74. The Balaban J connectivity index is 1.73. The van der Waals surface area contributed by atoms with Crippen molar-refractivity contribution >= 4 is 0 Å². The van der Waals surface area contributed by atoms with Crippen LogP contribution < -0.4 is 5.73 Å². The van der Waals surface area contributed by atoms with Gasteiger partial charge in [-0.2, -0.15) is 0 Å². The van der Waals surface area contributed by atoms with Crippen LogP contribution in [-0.2, 0) is 12.0 Å². The van der Waals surface area contributed by atoms with E-state index in [1.165, 1.54) is 30.4 Å². The molecule has 2 heteroatoms. The van der Waals surface area contributed by atoms with Crippen LogP contribution in [0.25, 0.3) is 0 Å². The Hall–Kier alpha value is -0.860. The van der Waals surface area contributed by atoms with Gasteiger partial charge in [-0.25, -0.2) is 0 Å². The zero-order chi connectivity index (χ0) is 12.6. The van der Waals surface area contributed by atoms with E-state index in [9.17, 15) is 5.11 Å². The molecule has 2 saturated carbocycles. The molecule has 2 aliphatic carbocycles. The molecular formula is C16H23NO. The quantitative estimate of drug-likeness (QED) is 0.860. The molecule has 2 aliphatic rings. The van der Waals surface area contributed by atoms with Crippen molar-refractivity contribution in [2.45, 2.75) is 62.5 Å². The van der Waals surface area contributed by atoms with Crippen molar-refractivity contribution in [3.63, 3.8) is 0 Å². The maximum atomic E-state index is 9.93. The second-order valence-corrected chi connectivity index (χ2v) is 6.31. The molecule has 0 spiro atoms. The second kappa shape index (κ2) is 4.36. The monoisotopic (exact) mass is 245 g/mol. The van der Waals surface area contributed by atoms with Gasteiger partial charge in [0.15, 0.2) is 0 Å². The number of nitrogens with two attached hydrogens (primary N) is 1. The van der Waals surface area contributed by atoms with Gasteiger partial charge in [0, 0.05) is 12.0 Å². The van der Waals surface area contributed by atoms with Crippen molar-refractivity contribution in [2.75, 3.05) is 0 Å². The molecule has 0 aromatic heterocycles. The Bertz CT molecular complexity index is 413. The Kier molecular flexibility index (Phi) is 2.95. The molecule has 0 amide bonds. The molecule has 3 N–H and O–H groups in total. The van der Waals surface area contributed by atoms with Crippen LogP contribution >= 0.6 is 0 Å². The standard InChI is InChI=1S/C16H23NO/c17-16(8-2-1-3-9-16)14-6-4-13(5-7-14)12-15(18)10-11-15/h4-7,18H,1-3,8-12,17H2. The van der Waals surface area contributed by atoms with Crippen LogP contribution in [0.3, 0.4) is 0 Å². The Morgan fingerprint density at radius 1 is 0.944 bits per heavy atom. The predicted molar refractivity (Wildman–Crippen MR) is 73.3 cm³/mol. The molecule has 0 radical (unpaired) electrons. The van der Waals surface area contributed by atoms with Crippen LogP contribution in [0.4, 0.5) is 0 Å². The van der Waals surface area contributed by atoms with Crippen molar-refractivity contribution in [3.8, 4) is 0 Å². The van der Waals surface area contributed by atoms with E-state index in [1.54, 1.807) is 0 Å². The molecule has 0 bridgehead atoms.